The molecule has 0 saturated heterocycles. The molecule has 5 rings (SSSR count). The Labute approximate surface area is 211 Å². The van der Waals surface area contributed by atoms with Crippen LogP contribution in [0, 0.1) is 0 Å². The van der Waals surface area contributed by atoms with Crippen molar-refractivity contribution in [3.05, 3.63) is 58.7 Å². The zero-order valence-corrected chi connectivity index (χ0v) is 20.6. The van der Waals surface area contributed by atoms with Crippen molar-refractivity contribution in [3.63, 3.8) is 0 Å². The van der Waals surface area contributed by atoms with Gasteiger partial charge in [0.05, 0.1) is 17.3 Å². The molecule has 2 aromatic heterocycles. The lowest BCUT2D eigenvalue weighted by Gasteiger charge is -2.26. The molecule has 0 spiro atoms. The summed E-state index contributed by atoms with van der Waals surface area (Å²) in [6.45, 7) is 0. The van der Waals surface area contributed by atoms with Gasteiger partial charge >= 0.3 is 0 Å². The van der Waals surface area contributed by atoms with E-state index in [2.05, 4.69) is 24.9 Å². The number of halogens is 2. The third-order valence-electron chi connectivity index (χ3n) is 5.73. The highest BCUT2D eigenvalue weighted by Gasteiger charge is 2.24. The fourth-order valence-electron chi connectivity index (χ4n) is 3.99. The quantitative estimate of drug-likeness (QED) is 0.324. The second-order valence-corrected chi connectivity index (χ2v) is 10.8. The number of H-pyrrole nitrogens is 1. The topological polar surface area (TPSA) is 130 Å². The van der Waals surface area contributed by atoms with Crippen LogP contribution in [0.25, 0.3) is 22.4 Å². The van der Waals surface area contributed by atoms with Gasteiger partial charge in [-0.2, -0.15) is 10.1 Å². The van der Waals surface area contributed by atoms with Gasteiger partial charge in [-0.25, -0.2) is 13.4 Å². The molecule has 2 atom stereocenters. The number of aromatic nitrogens is 4. The molecule has 1 aliphatic rings. The zero-order chi connectivity index (χ0) is 24.6. The molecule has 12 heteroatoms. The van der Waals surface area contributed by atoms with E-state index in [9.17, 15) is 13.5 Å². The first-order valence-corrected chi connectivity index (χ1v) is 13.2. The molecule has 3 N–H and O–H groups in total. The fraction of sp³-hybridized carbons (Fsp3) is 0.261. The Balaban J connectivity index is 1.40. The summed E-state index contributed by atoms with van der Waals surface area (Å²) in [5.41, 5.74) is 1.50. The van der Waals surface area contributed by atoms with Crippen molar-refractivity contribution in [3.8, 4) is 17.3 Å². The zero-order valence-electron chi connectivity index (χ0n) is 18.3. The predicted molar refractivity (Wildman–Crippen MR) is 133 cm³/mol. The fourth-order valence-corrected chi connectivity index (χ4v) is 5.82. The number of hydrogen-bond donors (Lipinski definition) is 3. The van der Waals surface area contributed by atoms with Crippen LogP contribution in [0.1, 0.15) is 25.7 Å². The summed E-state index contributed by atoms with van der Waals surface area (Å²) in [7, 11) is -3.94. The van der Waals surface area contributed by atoms with E-state index in [-0.39, 0.29) is 27.1 Å². The van der Waals surface area contributed by atoms with Gasteiger partial charge < -0.3 is 9.84 Å². The van der Waals surface area contributed by atoms with Crippen LogP contribution in [-0.4, -0.2) is 45.9 Å². The Morgan fingerprint density at radius 1 is 1.09 bits per heavy atom. The van der Waals surface area contributed by atoms with Crippen LogP contribution in [0.2, 0.25) is 10.0 Å². The molecule has 2 heterocycles. The van der Waals surface area contributed by atoms with Crippen molar-refractivity contribution in [2.24, 2.45) is 0 Å². The molecule has 0 radical (unpaired) electrons. The second kappa shape index (κ2) is 9.62. The van der Waals surface area contributed by atoms with Gasteiger partial charge in [0.15, 0.2) is 11.5 Å². The summed E-state index contributed by atoms with van der Waals surface area (Å²) in [4.78, 5) is 9.00. The van der Waals surface area contributed by atoms with Gasteiger partial charge in [-0.15, -0.1) is 0 Å². The van der Waals surface area contributed by atoms with Crippen LogP contribution >= 0.6 is 23.2 Å². The Bertz CT molecular complexity index is 1480. The van der Waals surface area contributed by atoms with Gasteiger partial charge in [0, 0.05) is 22.7 Å². The lowest BCUT2D eigenvalue weighted by molar-refractivity contribution is 0.0522. The molecule has 0 bridgehead atoms. The maximum Gasteiger partial charge on any atom is 0.263 e. The van der Waals surface area contributed by atoms with E-state index in [0.29, 0.717) is 40.4 Å². The predicted octanol–water partition coefficient (Wildman–Crippen LogP) is 4.81. The lowest BCUT2D eigenvalue weighted by Crippen LogP contribution is -2.28. The Kier molecular flexibility index (Phi) is 6.54. The average Bonchev–Trinajstić information content (AvgIpc) is 3.30. The number of nitrogens with zero attached hydrogens (tertiary/aromatic N) is 3. The summed E-state index contributed by atoms with van der Waals surface area (Å²) in [6, 6.07) is 10.8. The summed E-state index contributed by atoms with van der Waals surface area (Å²) >= 11 is 12.0. The number of fused-ring (bicyclic) bond motifs is 1. The highest BCUT2D eigenvalue weighted by molar-refractivity contribution is 7.92. The van der Waals surface area contributed by atoms with Gasteiger partial charge in [0.2, 0.25) is 5.88 Å². The van der Waals surface area contributed by atoms with E-state index in [0.717, 1.165) is 19.3 Å². The molecular weight excluding hydrogens is 513 g/mol. The number of rotatable bonds is 6. The van der Waals surface area contributed by atoms with Gasteiger partial charge in [0.25, 0.3) is 10.0 Å². The summed E-state index contributed by atoms with van der Waals surface area (Å²) in [5, 5.41) is 17.8. The second-order valence-electron chi connectivity index (χ2n) is 8.30. The molecule has 35 heavy (non-hydrogen) atoms. The lowest BCUT2D eigenvalue weighted by atomic mass is 9.95. The van der Waals surface area contributed by atoms with Gasteiger partial charge in [-0.05, 0) is 61.7 Å². The Hall–Kier alpha value is -2.92. The largest absolute Gasteiger partial charge is 0.474 e. The molecule has 1 fully saturated rings. The highest BCUT2D eigenvalue weighted by atomic mass is 35.5. The number of hydrogen-bond acceptors (Lipinski definition) is 7. The molecule has 2 aromatic carbocycles. The number of nitrogens with one attached hydrogen (secondary N) is 2. The van der Waals surface area contributed by atoms with Crippen molar-refractivity contribution in [1.82, 2.24) is 20.2 Å². The van der Waals surface area contributed by atoms with Crippen LogP contribution in [0.3, 0.4) is 0 Å². The minimum absolute atomic E-state index is 0.0674. The SMILES string of the molecule is O=S(=O)(Nc1ccc(-c2nc(O[C@H]3CCCC(O)C3)c3cn[nH]c3n2)cc1)c1cc(Cl)ccc1Cl. The number of benzene rings is 2. The maximum atomic E-state index is 12.8. The van der Waals surface area contributed by atoms with E-state index >= 15 is 0 Å². The normalized spacial score (nSPS) is 18.5. The first kappa shape index (κ1) is 23.8. The number of anilines is 1. The number of aliphatic hydroxyl groups excluding tert-OH is 1. The molecule has 0 amide bonds. The van der Waals surface area contributed by atoms with Crippen LogP contribution in [0.5, 0.6) is 5.88 Å². The highest BCUT2D eigenvalue weighted by Crippen LogP contribution is 2.31. The molecule has 1 aliphatic carbocycles. The van der Waals surface area contributed by atoms with E-state index in [1.54, 1.807) is 30.5 Å². The van der Waals surface area contributed by atoms with Crippen LogP contribution in [0.15, 0.2) is 53.6 Å². The van der Waals surface area contributed by atoms with E-state index in [1.807, 2.05) is 0 Å². The molecule has 9 nitrogen and oxygen atoms in total. The monoisotopic (exact) mass is 533 g/mol. The maximum absolute atomic E-state index is 12.8. The van der Waals surface area contributed by atoms with E-state index in [1.165, 1.54) is 18.2 Å². The minimum atomic E-state index is -3.94. The van der Waals surface area contributed by atoms with Crippen molar-refractivity contribution < 1.29 is 18.3 Å². The molecule has 4 aromatic rings. The van der Waals surface area contributed by atoms with E-state index in [4.69, 9.17) is 27.9 Å². The smallest absolute Gasteiger partial charge is 0.263 e. The summed E-state index contributed by atoms with van der Waals surface area (Å²) < 4.78 is 34.2. The van der Waals surface area contributed by atoms with Crippen molar-refractivity contribution in [2.45, 2.75) is 42.8 Å². The third-order valence-corrected chi connectivity index (χ3v) is 7.83. The minimum Gasteiger partial charge on any atom is -0.474 e. The van der Waals surface area contributed by atoms with Gasteiger partial charge in [-0.1, -0.05) is 23.2 Å². The first-order valence-electron chi connectivity index (χ1n) is 10.9. The Morgan fingerprint density at radius 3 is 2.66 bits per heavy atom. The summed E-state index contributed by atoms with van der Waals surface area (Å²) in [5.74, 6) is 0.777. The molecule has 0 aliphatic heterocycles. The number of aromatic amines is 1. The van der Waals surface area contributed by atoms with Gasteiger partial charge in [0.1, 0.15) is 16.4 Å². The third kappa shape index (κ3) is 5.20. The van der Waals surface area contributed by atoms with Crippen LogP contribution in [-0.2, 0) is 10.0 Å². The number of sulfonamides is 1. The van der Waals surface area contributed by atoms with Crippen LogP contribution in [0.4, 0.5) is 5.69 Å². The molecule has 1 unspecified atom stereocenters. The standard InChI is InChI=1S/C23H21Cl2N5O4S/c24-14-6-9-19(25)20(10-14)35(32,33)30-15-7-4-13(5-8-15)21-27-22-18(12-26-29-22)23(28-21)34-17-3-1-2-16(31)11-17/h4-10,12,16-17,30-31H,1-3,11H2,(H,26,27,28,29)/t16?,17-/m0/s1. The average molecular weight is 534 g/mol. The van der Waals surface area contributed by atoms with Crippen molar-refractivity contribution >= 4 is 49.9 Å². The number of aliphatic hydroxyl groups is 1. The summed E-state index contributed by atoms with van der Waals surface area (Å²) in [6.07, 6.45) is 4.12. The molecular formula is C23H21Cl2N5O4S. The van der Waals surface area contributed by atoms with Crippen molar-refractivity contribution in [2.75, 3.05) is 4.72 Å². The van der Waals surface area contributed by atoms with Crippen LogP contribution < -0.4 is 9.46 Å². The molecule has 1 saturated carbocycles. The molecule has 182 valence electrons. The first-order chi connectivity index (χ1) is 16.8. The van der Waals surface area contributed by atoms with Crippen molar-refractivity contribution in [1.29, 1.82) is 0 Å². The number of ether oxygens (including phenoxy) is 1. The Morgan fingerprint density at radius 2 is 1.89 bits per heavy atom. The van der Waals surface area contributed by atoms with E-state index < -0.39 is 10.0 Å². The van der Waals surface area contributed by atoms with Gasteiger partial charge in [-0.3, -0.25) is 9.82 Å².